The largest absolute Gasteiger partial charge is 0.446 e. The molecular weight excluding hydrogens is 458 g/mol. The molecule has 0 saturated carbocycles. The summed E-state index contributed by atoms with van der Waals surface area (Å²) in [5, 5.41) is 1.07. The summed E-state index contributed by atoms with van der Waals surface area (Å²) in [5.41, 5.74) is 4.24. The Hall–Kier alpha value is -2.12. The number of carbonyl (C=O) groups is 2. The first-order chi connectivity index (χ1) is 14.8. The predicted molar refractivity (Wildman–Crippen MR) is 126 cm³/mol. The average Bonchev–Trinajstić information content (AvgIpc) is 3.01. The van der Waals surface area contributed by atoms with Crippen LogP contribution in [0.5, 0.6) is 0 Å². The first-order valence-electron chi connectivity index (χ1n) is 11.0. The third-order valence-electron chi connectivity index (χ3n) is 6.41. The Morgan fingerprint density at radius 1 is 1.26 bits per heavy atom. The van der Waals surface area contributed by atoms with Gasteiger partial charge in [0.2, 0.25) is 5.91 Å². The van der Waals surface area contributed by atoms with Gasteiger partial charge in [-0.1, -0.05) is 18.2 Å². The monoisotopic (exact) mass is 487 g/mol. The van der Waals surface area contributed by atoms with E-state index in [0.29, 0.717) is 6.54 Å². The molecule has 0 saturated heterocycles. The summed E-state index contributed by atoms with van der Waals surface area (Å²) in [7, 11) is 2.09. The molecule has 1 amide bonds. The van der Waals surface area contributed by atoms with Crippen LogP contribution in [0.25, 0.3) is 16.5 Å². The van der Waals surface area contributed by atoms with Gasteiger partial charge in [0.15, 0.2) is 0 Å². The number of likely N-dealkylation sites (N-methyl/N-ethyl adjacent to an activating group) is 1. The van der Waals surface area contributed by atoms with Crippen LogP contribution in [-0.4, -0.2) is 65.2 Å². The van der Waals surface area contributed by atoms with Gasteiger partial charge in [-0.15, -0.1) is 0 Å². The van der Waals surface area contributed by atoms with Gasteiger partial charge in [-0.25, -0.2) is 9.36 Å². The molecule has 2 heterocycles. The first-order valence-corrected chi connectivity index (χ1v) is 11.8. The third-order valence-corrected chi connectivity index (χ3v) is 7.24. The summed E-state index contributed by atoms with van der Waals surface area (Å²) in [6.45, 7) is 9.88. The number of halogens is 1. The second kappa shape index (κ2) is 8.43. The molecule has 1 aliphatic carbocycles. The molecule has 2 aliphatic rings. The fraction of sp³-hybridized carbons (Fsp3) is 0.500. The molecule has 0 fully saturated rings. The highest BCUT2D eigenvalue weighted by molar-refractivity contribution is 9.10. The molecule has 2 unspecified atom stereocenters. The van der Waals surface area contributed by atoms with Crippen molar-refractivity contribution in [2.45, 2.75) is 46.3 Å². The Balaban J connectivity index is 1.85. The van der Waals surface area contributed by atoms with Crippen LogP contribution in [0.4, 0.5) is 4.79 Å². The van der Waals surface area contributed by atoms with E-state index in [1.807, 2.05) is 44.7 Å². The van der Waals surface area contributed by atoms with Crippen molar-refractivity contribution in [2.75, 3.05) is 26.7 Å². The minimum atomic E-state index is -0.378. The van der Waals surface area contributed by atoms with Gasteiger partial charge in [0.1, 0.15) is 0 Å². The van der Waals surface area contributed by atoms with Crippen LogP contribution in [0.1, 0.15) is 38.8 Å². The van der Waals surface area contributed by atoms with Crippen LogP contribution < -0.4 is 0 Å². The zero-order valence-electron chi connectivity index (χ0n) is 18.8. The van der Waals surface area contributed by atoms with E-state index in [1.165, 1.54) is 5.57 Å². The number of fused-ring (bicyclic) bond motifs is 2. The number of amides is 1. The lowest BCUT2D eigenvalue weighted by Gasteiger charge is -2.40. The van der Waals surface area contributed by atoms with E-state index in [9.17, 15) is 9.59 Å². The molecule has 6 nitrogen and oxygen atoms in total. The van der Waals surface area contributed by atoms with Gasteiger partial charge < -0.3 is 9.64 Å². The van der Waals surface area contributed by atoms with Gasteiger partial charge in [0.25, 0.3) is 0 Å². The topological polar surface area (TPSA) is 54.8 Å². The lowest BCUT2D eigenvalue weighted by Crippen LogP contribution is -2.47. The van der Waals surface area contributed by atoms with Gasteiger partial charge in [-0.2, -0.15) is 0 Å². The number of rotatable bonds is 4. The maximum Gasteiger partial charge on any atom is 0.419 e. The quantitative estimate of drug-likeness (QED) is 0.635. The molecular formula is C24H30BrN3O3. The molecule has 0 spiro atoms. The van der Waals surface area contributed by atoms with E-state index in [1.54, 1.807) is 4.57 Å². The summed E-state index contributed by atoms with van der Waals surface area (Å²) in [5.74, 6) is 0.0180. The fourth-order valence-electron chi connectivity index (χ4n) is 4.95. The number of ether oxygens (including phenoxy) is 1. The maximum atomic E-state index is 13.1. The van der Waals surface area contributed by atoms with Crippen molar-refractivity contribution in [3.63, 3.8) is 0 Å². The van der Waals surface area contributed by atoms with Gasteiger partial charge in [0, 0.05) is 31.1 Å². The Bertz CT molecular complexity index is 1070. The minimum Gasteiger partial charge on any atom is -0.446 e. The van der Waals surface area contributed by atoms with Crippen LogP contribution in [0.2, 0.25) is 0 Å². The Morgan fingerprint density at radius 3 is 2.61 bits per heavy atom. The molecule has 7 heteroatoms. The van der Waals surface area contributed by atoms with Crippen molar-refractivity contribution in [3.05, 3.63) is 40.0 Å². The van der Waals surface area contributed by atoms with Crippen molar-refractivity contribution in [2.24, 2.45) is 5.92 Å². The van der Waals surface area contributed by atoms with E-state index in [0.717, 1.165) is 46.1 Å². The van der Waals surface area contributed by atoms with Crippen LogP contribution in [0, 0.1) is 5.92 Å². The summed E-state index contributed by atoms with van der Waals surface area (Å²) in [4.78, 5) is 30.1. The summed E-state index contributed by atoms with van der Waals surface area (Å²) < 4.78 is 7.89. The van der Waals surface area contributed by atoms with Crippen LogP contribution in [-0.2, 0) is 16.0 Å². The number of carbonyl (C=O) groups excluding carboxylic acids is 2. The van der Waals surface area contributed by atoms with Crippen molar-refractivity contribution in [1.82, 2.24) is 14.4 Å². The smallest absolute Gasteiger partial charge is 0.419 e. The molecule has 1 aromatic heterocycles. The lowest BCUT2D eigenvalue weighted by molar-refractivity contribution is -0.134. The van der Waals surface area contributed by atoms with Gasteiger partial charge in [-0.05, 0) is 79.9 Å². The van der Waals surface area contributed by atoms with E-state index in [4.69, 9.17) is 4.74 Å². The molecule has 2 aromatic rings. The molecule has 0 radical (unpaired) electrons. The van der Waals surface area contributed by atoms with Crippen molar-refractivity contribution >= 4 is 44.4 Å². The number of benzene rings is 1. The zero-order chi connectivity index (χ0) is 22.4. The molecule has 166 valence electrons. The SMILES string of the molecule is CCN(CC)C(=O)C1C=C2c3cccc4c3c(c(Br)n4C(=O)OC(C)C)CC2N(C)C1. The number of nitrogens with zero attached hydrogens (tertiary/aromatic N) is 3. The van der Waals surface area contributed by atoms with Crippen molar-refractivity contribution in [1.29, 1.82) is 0 Å². The van der Waals surface area contributed by atoms with E-state index in [-0.39, 0.29) is 30.1 Å². The number of aromatic nitrogens is 1. The third kappa shape index (κ3) is 3.61. The van der Waals surface area contributed by atoms with Crippen LogP contribution in [0.15, 0.2) is 28.9 Å². The van der Waals surface area contributed by atoms with Crippen molar-refractivity contribution in [3.8, 4) is 0 Å². The highest BCUT2D eigenvalue weighted by Gasteiger charge is 2.38. The second-order valence-corrected chi connectivity index (χ2v) is 9.39. The minimum absolute atomic E-state index is 0.163. The molecule has 1 aromatic carbocycles. The zero-order valence-corrected chi connectivity index (χ0v) is 20.4. The molecule has 0 bridgehead atoms. The maximum absolute atomic E-state index is 13.1. The fourth-order valence-corrected chi connectivity index (χ4v) is 5.65. The van der Waals surface area contributed by atoms with Crippen molar-refractivity contribution < 1.29 is 14.3 Å². The number of hydrogen-bond acceptors (Lipinski definition) is 4. The second-order valence-electron chi connectivity index (χ2n) is 8.64. The molecule has 31 heavy (non-hydrogen) atoms. The first kappa shape index (κ1) is 22.1. The molecule has 4 rings (SSSR count). The van der Waals surface area contributed by atoms with E-state index >= 15 is 0 Å². The number of hydrogen-bond donors (Lipinski definition) is 0. The highest BCUT2D eigenvalue weighted by Crippen LogP contribution is 2.45. The normalized spacial score (nSPS) is 20.5. The molecule has 1 aliphatic heterocycles. The van der Waals surface area contributed by atoms with E-state index < -0.39 is 0 Å². The van der Waals surface area contributed by atoms with Crippen LogP contribution >= 0.6 is 15.9 Å². The summed E-state index contributed by atoms with van der Waals surface area (Å²) in [6.07, 6.45) is 2.37. The Labute approximate surface area is 191 Å². The summed E-state index contributed by atoms with van der Waals surface area (Å²) >= 11 is 3.69. The summed E-state index contributed by atoms with van der Waals surface area (Å²) in [6, 6.07) is 6.21. The Morgan fingerprint density at radius 2 is 1.97 bits per heavy atom. The predicted octanol–water partition coefficient (Wildman–Crippen LogP) is 4.54. The van der Waals surface area contributed by atoms with Gasteiger partial charge >= 0.3 is 6.09 Å². The average molecular weight is 488 g/mol. The highest BCUT2D eigenvalue weighted by atomic mass is 79.9. The van der Waals surface area contributed by atoms with E-state index in [2.05, 4.69) is 40.0 Å². The Kier molecular flexibility index (Phi) is 6.01. The van der Waals surface area contributed by atoms with Gasteiger partial charge in [-0.3, -0.25) is 9.69 Å². The van der Waals surface area contributed by atoms with Crippen LogP contribution in [0.3, 0.4) is 0 Å². The standard InChI is InChI=1S/C24H30BrN3O3/c1-6-27(7-2)23(29)15-11-17-16-9-8-10-19-21(16)18(12-20(17)26(5)13-15)22(25)28(19)24(30)31-14(3)4/h8-11,14-15,20H,6-7,12-13H2,1-5H3. The van der Waals surface area contributed by atoms with Gasteiger partial charge in [0.05, 0.1) is 22.1 Å². The lowest BCUT2D eigenvalue weighted by atomic mass is 9.79. The molecule has 2 atom stereocenters. The molecule has 0 N–H and O–H groups in total.